The second kappa shape index (κ2) is 8.64. The van der Waals surface area contributed by atoms with E-state index >= 15 is 0 Å². The van der Waals surface area contributed by atoms with Gasteiger partial charge in [0.25, 0.3) is 0 Å². The molecule has 2 rings (SSSR count). The van der Waals surface area contributed by atoms with Crippen molar-refractivity contribution in [2.45, 2.75) is 33.6 Å². The maximum absolute atomic E-state index is 11.9. The molecule has 1 N–H and O–H groups in total. The molecule has 0 aliphatic carbocycles. The van der Waals surface area contributed by atoms with Crippen molar-refractivity contribution in [1.82, 2.24) is 5.32 Å². The molecule has 0 atom stereocenters. The van der Waals surface area contributed by atoms with Gasteiger partial charge in [0.1, 0.15) is 12.4 Å². The van der Waals surface area contributed by atoms with E-state index in [4.69, 9.17) is 4.74 Å². The van der Waals surface area contributed by atoms with Crippen molar-refractivity contribution in [3.63, 3.8) is 0 Å². The van der Waals surface area contributed by atoms with E-state index in [2.05, 4.69) is 11.4 Å². The van der Waals surface area contributed by atoms with Crippen LogP contribution in [0, 0.1) is 20.8 Å². The minimum Gasteiger partial charge on any atom is -0.492 e. The number of carbonyl (C=O) groups is 2. The molecular weight excluding hydrogens is 322 g/mol. The van der Waals surface area contributed by atoms with Gasteiger partial charge in [-0.25, -0.2) is 0 Å². The summed E-state index contributed by atoms with van der Waals surface area (Å²) in [4.78, 5) is 25.6. The van der Waals surface area contributed by atoms with Crippen LogP contribution in [0.4, 0.5) is 0 Å². The number of rotatable bonds is 8. The van der Waals surface area contributed by atoms with Gasteiger partial charge in [-0.2, -0.15) is 0 Å². The van der Waals surface area contributed by atoms with Crippen LogP contribution in [0.25, 0.3) is 0 Å². The molecule has 0 saturated heterocycles. The lowest BCUT2D eigenvalue weighted by molar-refractivity contribution is -0.121. The highest BCUT2D eigenvalue weighted by molar-refractivity contribution is 7.14. The lowest BCUT2D eigenvalue weighted by Gasteiger charge is -2.09. The molecule has 4 nitrogen and oxygen atoms in total. The molecular formula is C19H23NO3S. The molecule has 0 unspecified atom stereocenters. The Labute approximate surface area is 146 Å². The predicted octanol–water partition coefficient (Wildman–Crippen LogP) is 3.83. The standard InChI is InChI=1S/C19H23NO3S/c1-13-10-14(2)12-16(11-13)23-9-8-20-19(22)7-5-17(21)18-6-4-15(3)24-18/h4,6,10-12H,5,7-9H2,1-3H3,(H,20,22). The van der Waals surface area contributed by atoms with Crippen LogP contribution in [0.3, 0.4) is 0 Å². The molecule has 1 aromatic heterocycles. The number of nitrogens with one attached hydrogen (secondary N) is 1. The summed E-state index contributed by atoms with van der Waals surface area (Å²) >= 11 is 1.47. The lowest BCUT2D eigenvalue weighted by atomic mass is 10.1. The molecule has 0 aliphatic rings. The van der Waals surface area contributed by atoms with E-state index in [1.165, 1.54) is 11.3 Å². The van der Waals surface area contributed by atoms with E-state index in [0.29, 0.717) is 13.2 Å². The summed E-state index contributed by atoms with van der Waals surface area (Å²) in [6, 6.07) is 9.76. The molecule has 0 aliphatic heterocycles. The van der Waals surface area contributed by atoms with Gasteiger partial charge < -0.3 is 10.1 Å². The molecule has 0 fully saturated rings. The molecule has 0 spiro atoms. The number of aryl methyl sites for hydroxylation is 3. The van der Waals surface area contributed by atoms with Crippen molar-refractivity contribution in [3.05, 3.63) is 51.2 Å². The first-order chi connectivity index (χ1) is 11.4. The topological polar surface area (TPSA) is 55.4 Å². The number of Topliss-reactive ketones (excluding diaryl/α,β-unsaturated/α-hetero) is 1. The second-order valence-corrected chi connectivity index (χ2v) is 7.14. The summed E-state index contributed by atoms with van der Waals surface area (Å²) in [5.41, 5.74) is 2.30. The Morgan fingerprint density at radius 2 is 1.75 bits per heavy atom. The number of carbonyl (C=O) groups excluding carboxylic acids is 2. The van der Waals surface area contributed by atoms with Gasteiger partial charge in [0.15, 0.2) is 5.78 Å². The van der Waals surface area contributed by atoms with Crippen LogP contribution >= 0.6 is 11.3 Å². The number of thiophene rings is 1. The summed E-state index contributed by atoms with van der Waals surface area (Å²) in [6.07, 6.45) is 0.447. The van der Waals surface area contributed by atoms with Gasteiger partial charge in [-0.15, -0.1) is 11.3 Å². The highest BCUT2D eigenvalue weighted by atomic mass is 32.1. The molecule has 24 heavy (non-hydrogen) atoms. The van der Waals surface area contributed by atoms with Gasteiger partial charge in [0.05, 0.1) is 11.4 Å². The van der Waals surface area contributed by atoms with E-state index in [-0.39, 0.29) is 24.5 Å². The molecule has 0 saturated carbocycles. The van der Waals surface area contributed by atoms with Crippen molar-refractivity contribution in [2.75, 3.05) is 13.2 Å². The van der Waals surface area contributed by atoms with Crippen LogP contribution < -0.4 is 10.1 Å². The van der Waals surface area contributed by atoms with Crippen LogP contribution in [0.5, 0.6) is 5.75 Å². The number of ketones is 1. The number of hydrogen-bond acceptors (Lipinski definition) is 4. The van der Waals surface area contributed by atoms with E-state index < -0.39 is 0 Å². The van der Waals surface area contributed by atoms with E-state index in [9.17, 15) is 9.59 Å². The SMILES string of the molecule is Cc1cc(C)cc(OCCNC(=O)CCC(=O)c2ccc(C)s2)c1. The molecule has 1 amide bonds. The Kier molecular flexibility index (Phi) is 6.55. The minimum atomic E-state index is -0.124. The van der Waals surface area contributed by atoms with Crippen LogP contribution in [0.2, 0.25) is 0 Å². The minimum absolute atomic E-state index is 0.0229. The van der Waals surface area contributed by atoms with Gasteiger partial charge in [-0.05, 0) is 56.2 Å². The summed E-state index contributed by atoms with van der Waals surface area (Å²) in [5, 5.41) is 2.78. The summed E-state index contributed by atoms with van der Waals surface area (Å²) in [6.45, 7) is 6.84. The molecule has 0 bridgehead atoms. The van der Waals surface area contributed by atoms with Crippen molar-refractivity contribution < 1.29 is 14.3 Å². The quantitative estimate of drug-likeness (QED) is 0.584. The maximum atomic E-state index is 11.9. The fraction of sp³-hybridized carbons (Fsp3) is 0.368. The third-order valence-corrected chi connectivity index (χ3v) is 4.52. The Hall–Kier alpha value is -2.14. The van der Waals surface area contributed by atoms with E-state index in [0.717, 1.165) is 26.6 Å². The van der Waals surface area contributed by atoms with Gasteiger partial charge in [-0.1, -0.05) is 6.07 Å². The normalized spacial score (nSPS) is 10.5. The third kappa shape index (κ3) is 5.81. The smallest absolute Gasteiger partial charge is 0.220 e. The van der Waals surface area contributed by atoms with Gasteiger partial charge in [0, 0.05) is 17.7 Å². The molecule has 5 heteroatoms. The largest absolute Gasteiger partial charge is 0.492 e. The highest BCUT2D eigenvalue weighted by Gasteiger charge is 2.10. The monoisotopic (exact) mass is 345 g/mol. The van der Waals surface area contributed by atoms with Crippen LogP contribution in [0.1, 0.15) is 38.5 Å². The van der Waals surface area contributed by atoms with Gasteiger partial charge >= 0.3 is 0 Å². The number of ether oxygens (including phenoxy) is 1. The summed E-state index contributed by atoms with van der Waals surface area (Å²) < 4.78 is 5.64. The third-order valence-electron chi connectivity index (χ3n) is 3.48. The number of benzene rings is 1. The molecule has 1 heterocycles. The Morgan fingerprint density at radius 1 is 1.04 bits per heavy atom. The average molecular weight is 345 g/mol. The molecule has 128 valence electrons. The first-order valence-corrected chi connectivity index (χ1v) is 8.83. The second-order valence-electron chi connectivity index (χ2n) is 5.86. The van der Waals surface area contributed by atoms with Crippen molar-refractivity contribution in [2.24, 2.45) is 0 Å². The average Bonchev–Trinajstić information content (AvgIpc) is 2.95. The summed E-state index contributed by atoms with van der Waals surface area (Å²) in [7, 11) is 0. The van der Waals surface area contributed by atoms with Gasteiger partial charge in [0.2, 0.25) is 5.91 Å². The first kappa shape index (κ1) is 18.2. The lowest BCUT2D eigenvalue weighted by Crippen LogP contribution is -2.28. The first-order valence-electron chi connectivity index (χ1n) is 8.01. The zero-order valence-corrected chi connectivity index (χ0v) is 15.2. The van der Waals surface area contributed by atoms with Gasteiger partial charge in [-0.3, -0.25) is 9.59 Å². The predicted molar refractivity (Wildman–Crippen MR) is 97.0 cm³/mol. The molecule has 1 aromatic carbocycles. The summed E-state index contributed by atoms with van der Waals surface area (Å²) in [5.74, 6) is 0.709. The zero-order chi connectivity index (χ0) is 17.5. The van der Waals surface area contributed by atoms with Crippen LogP contribution in [0.15, 0.2) is 30.3 Å². The van der Waals surface area contributed by atoms with E-state index in [1.54, 1.807) is 0 Å². The number of amides is 1. The number of hydrogen-bond donors (Lipinski definition) is 1. The fourth-order valence-corrected chi connectivity index (χ4v) is 3.23. The Bertz CT molecular complexity index is 701. The Balaban J connectivity index is 1.65. The zero-order valence-electron chi connectivity index (χ0n) is 14.3. The molecule has 2 aromatic rings. The van der Waals surface area contributed by atoms with Crippen LogP contribution in [-0.2, 0) is 4.79 Å². The maximum Gasteiger partial charge on any atom is 0.220 e. The van der Waals surface area contributed by atoms with Crippen molar-refractivity contribution in [1.29, 1.82) is 0 Å². The van der Waals surface area contributed by atoms with Crippen molar-refractivity contribution >= 4 is 23.0 Å². The van der Waals surface area contributed by atoms with E-state index in [1.807, 2.05) is 45.0 Å². The van der Waals surface area contributed by atoms with Crippen LogP contribution in [-0.4, -0.2) is 24.8 Å². The molecule has 0 radical (unpaired) electrons. The fourth-order valence-electron chi connectivity index (χ4n) is 2.40. The highest BCUT2D eigenvalue weighted by Crippen LogP contribution is 2.17. The Morgan fingerprint density at radius 3 is 2.38 bits per heavy atom. The van der Waals surface area contributed by atoms with Crippen molar-refractivity contribution in [3.8, 4) is 5.75 Å².